The van der Waals surface area contributed by atoms with E-state index >= 15 is 0 Å². The Bertz CT molecular complexity index is 770. The maximum Gasteiger partial charge on any atom is 0.251 e. The molecule has 2 N–H and O–H groups in total. The molecule has 6 heteroatoms. The Hall–Kier alpha value is -2.60. The first-order chi connectivity index (χ1) is 12.5. The second-order valence-electron chi connectivity index (χ2n) is 6.65. The minimum Gasteiger partial charge on any atom is -0.496 e. The molecule has 0 bridgehead atoms. The Morgan fingerprint density at radius 1 is 1.23 bits per heavy atom. The highest BCUT2D eigenvalue weighted by Crippen LogP contribution is 2.38. The highest BCUT2D eigenvalue weighted by atomic mass is 16.5. The van der Waals surface area contributed by atoms with Crippen LogP contribution in [0.4, 0.5) is 0 Å². The lowest BCUT2D eigenvalue weighted by molar-refractivity contribution is 0.0234. The third-order valence-corrected chi connectivity index (χ3v) is 4.91. The van der Waals surface area contributed by atoms with Gasteiger partial charge in [-0.2, -0.15) is 0 Å². The zero-order valence-corrected chi connectivity index (χ0v) is 15.2. The first-order valence-corrected chi connectivity index (χ1v) is 8.65. The Kier molecular flexibility index (Phi) is 5.42. The van der Waals surface area contributed by atoms with E-state index in [1.165, 1.54) is 0 Å². The van der Waals surface area contributed by atoms with Gasteiger partial charge in [-0.1, -0.05) is 12.1 Å². The second-order valence-corrected chi connectivity index (χ2v) is 6.65. The Labute approximate surface area is 153 Å². The van der Waals surface area contributed by atoms with Gasteiger partial charge in [-0.3, -0.25) is 4.79 Å². The minimum absolute atomic E-state index is 0.175. The number of pyridine rings is 1. The minimum atomic E-state index is -0.301. The Morgan fingerprint density at radius 2 is 2.00 bits per heavy atom. The van der Waals surface area contributed by atoms with Crippen LogP contribution in [0.2, 0.25) is 0 Å². The summed E-state index contributed by atoms with van der Waals surface area (Å²) >= 11 is 0. The lowest BCUT2D eigenvalue weighted by atomic mass is 9.75. The van der Waals surface area contributed by atoms with Gasteiger partial charge in [0.05, 0.1) is 26.4 Å². The molecule has 1 aliphatic carbocycles. The Morgan fingerprint density at radius 3 is 2.58 bits per heavy atom. The van der Waals surface area contributed by atoms with Gasteiger partial charge >= 0.3 is 0 Å². The highest BCUT2D eigenvalue weighted by molar-refractivity contribution is 5.95. The number of carbonyl (C=O) groups is 1. The molecule has 0 aliphatic heterocycles. The molecule has 138 valence electrons. The monoisotopic (exact) mass is 356 g/mol. The molecule has 1 amide bonds. The molecule has 1 unspecified atom stereocenters. The average Bonchev–Trinajstić information content (AvgIpc) is 2.64. The molecule has 0 spiro atoms. The number of rotatable bonds is 6. The number of aliphatic hydroxyl groups excluding tert-OH is 1. The van der Waals surface area contributed by atoms with Crippen LogP contribution in [0.1, 0.15) is 40.4 Å². The lowest BCUT2D eigenvalue weighted by Gasteiger charge is -2.38. The first-order valence-electron chi connectivity index (χ1n) is 8.65. The number of carbonyl (C=O) groups excluding carboxylic acids is 1. The number of aryl methyl sites for hydroxylation is 1. The van der Waals surface area contributed by atoms with E-state index in [1.807, 2.05) is 19.1 Å². The number of amides is 1. The molecule has 1 aromatic heterocycles. The fraction of sp³-hybridized carbons (Fsp3) is 0.400. The third-order valence-electron chi connectivity index (χ3n) is 4.91. The van der Waals surface area contributed by atoms with Gasteiger partial charge in [0.1, 0.15) is 5.75 Å². The molecule has 1 aromatic carbocycles. The van der Waals surface area contributed by atoms with Crippen LogP contribution in [0.25, 0.3) is 0 Å². The van der Waals surface area contributed by atoms with Crippen molar-refractivity contribution in [3.63, 3.8) is 0 Å². The van der Waals surface area contributed by atoms with Crippen molar-refractivity contribution in [2.75, 3.05) is 14.2 Å². The molecule has 1 aliphatic rings. The molecule has 0 radical (unpaired) electrons. The van der Waals surface area contributed by atoms with Gasteiger partial charge in [0.25, 0.3) is 5.91 Å². The van der Waals surface area contributed by atoms with E-state index in [-0.39, 0.29) is 24.0 Å². The van der Waals surface area contributed by atoms with Crippen LogP contribution in [0.3, 0.4) is 0 Å². The summed E-state index contributed by atoms with van der Waals surface area (Å²) in [6.45, 7) is 1.93. The van der Waals surface area contributed by atoms with Crippen LogP contribution < -0.4 is 14.8 Å². The van der Waals surface area contributed by atoms with Crippen molar-refractivity contribution in [3.05, 3.63) is 53.2 Å². The molecule has 0 saturated heterocycles. The summed E-state index contributed by atoms with van der Waals surface area (Å²) in [5, 5.41) is 12.8. The molecule has 2 aromatic rings. The van der Waals surface area contributed by atoms with Crippen LogP contribution in [0, 0.1) is 12.8 Å². The summed E-state index contributed by atoms with van der Waals surface area (Å²) in [6, 6.07) is 8.85. The maximum absolute atomic E-state index is 12.8. The van der Waals surface area contributed by atoms with Crippen LogP contribution in [0.5, 0.6) is 11.6 Å². The summed E-state index contributed by atoms with van der Waals surface area (Å²) in [7, 11) is 3.15. The average molecular weight is 356 g/mol. The number of benzene rings is 1. The van der Waals surface area contributed by atoms with Gasteiger partial charge < -0.3 is 19.9 Å². The second kappa shape index (κ2) is 7.74. The number of hydrogen-bond donors (Lipinski definition) is 2. The van der Waals surface area contributed by atoms with Gasteiger partial charge in [-0.15, -0.1) is 0 Å². The van der Waals surface area contributed by atoms with Crippen molar-refractivity contribution in [1.29, 1.82) is 0 Å². The summed E-state index contributed by atoms with van der Waals surface area (Å²) in [5.74, 6) is 1.21. The molecule has 1 saturated carbocycles. The molecular weight excluding hydrogens is 332 g/mol. The van der Waals surface area contributed by atoms with E-state index < -0.39 is 0 Å². The maximum atomic E-state index is 12.8. The summed E-state index contributed by atoms with van der Waals surface area (Å²) in [4.78, 5) is 17.0. The van der Waals surface area contributed by atoms with Crippen LogP contribution in [0.15, 0.2) is 36.5 Å². The third kappa shape index (κ3) is 3.80. The first kappa shape index (κ1) is 18.2. The van der Waals surface area contributed by atoms with Gasteiger partial charge in [-0.05, 0) is 48.9 Å². The Balaban J connectivity index is 1.82. The number of nitrogens with zero attached hydrogens (tertiary/aromatic N) is 1. The number of aromatic nitrogens is 1. The van der Waals surface area contributed by atoms with Crippen molar-refractivity contribution in [1.82, 2.24) is 10.3 Å². The standard InChI is InChI=1S/C20H24N2O4/c1-12-4-5-13(10-17(12)25-2)20(24)22-19(15-8-16(23)9-15)14-6-7-18(26-3)21-11-14/h4-7,10-11,15-16,19,23H,8-9H2,1-3H3,(H,22,24). The number of aliphatic hydroxyl groups is 1. The predicted molar refractivity (Wildman–Crippen MR) is 97.5 cm³/mol. The van der Waals surface area contributed by atoms with Gasteiger partial charge in [0.15, 0.2) is 0 Å². The number of hydrogen-bond acceptors (Lipinski definition) is 5. The zero-order chi connectivity index (χ0) is 18.7. The van der Waals surface area contributed by atoms with E-state index in [0.29, 0.717) is 30.0 Å². The van der Waals surface area contributed by atoms with E-state index in [0.717, 1.165) is 11.1 Å². The van der Waals surface area contributed by atoms with Crippen molar-refractivity contribution < 1.29 is 19.4 Å². The smallest absolute Gasteiger partial charge is 0.251 e. The molecule has 1 heterocycles. The summed E-state index contributed by atoms with van der Waals surface area (Å²) < 4.78 is 10.4. The number of methoxy groups -OCH3 is 2. The van der Waals surface area contributed by atoms with Crippen molar-refractivity contribution >= 4 is 5.91 Å². The van der Waals surface area contributed by atoms with Crippen LogP contribution in [-0.2, 0) is 0 Å². The number of ether oxygens (including phenoxy) is 2. The largest absolute Gasteiger partial charge is 0.496 e. The van der Waals surface area contributed by atoms with E-state index in [9.17, 15) is 9.90 Å². The quantitative estimate of drug-likeness (QED) is 0.832. The topological polar surface area (TPSA) is 80.7 Å². The molecule has 1 atom stereocenters. The molecule has 6 nitrogen and oxygen atoms in total. The normalized spacial score (nSPS) is 20.0. The lowest BCUT2D eigenvalue weighted by Crippen LogP contribution is -2.41. The summed E-state index contributed by atoms with van der Waals surface area (Å²) in [6.07, 6.45) is 2.73. The SMILES string of the molecule is COc1ccc(C(NC(=O)c2ccc(C)c(OC)c2)C2CC(O)C2)cn1. The van der Waals surface area contributed by atoms with E-state index in [2.05, 4.69) is 10.3 Å². The summed E-state index contributed by atoms with van der Waals surface area (Å²) in [5.41, 5.74) is 2.41. The van der Waals surface area contributed by atoms with Crippen LogP contribution >= 0.6 is 0 Å². The van der Waals surface area contributed by atoms with Crippen molar-refractivity contribution in [3.8, 4) is 11.6 Å². The van der Waals surface area contributed by atoms with E-state index in [4.69, 9.17) is 9.47 Å². The van der Waals surface area contributed by atoms with Crippen LogP contribution in [-0.4, -0.2) is 36.3 Å². The fourth-order valence-electron chi connectivity index (χ4n) is 3.26. The zero-order valence-electron chi connectivity index (χ0n) is 15.2. The van der Waals surface area contributed by atoms with E-state index in [1.54, 1.807) is 38.6 Å². The van der Waals surface area contributed by atoms with Gasteiger partial charge in [0, 0.05) is 17.8 Å². The van der Waals surface area contributed by atoms with Crippen molar-refractivity contribution in [2.45, 2.75) is 31.9 Å². The molecule has 3 rings (SSSR count). The molecule has 26 heavy (non-hydrogen) atoms. The van der Waals surface area contributed by atoms with Crippen molar-refractivity contribution in [2.24, 2.45) is 5.92 Å². The molecular formula is C20H24N2O4. The molecule has 1 fully saturated rings. The predicted octanol–water partition coefficient (Wildman–Crippen LogP) is 2.65. The number of nitrogens with one attached hydrogen (secondary N) is 1. The fourth-order valence-corrected chi connectivity index (χ4v) is 3.26. The van der Waals surface area contributed by atoms with Gasteiger partial charge in [0.2, 0.25) is 5.88 Å². The highest BCUT2D eigenvalue weighted by Gasteiger charge is 2.36. The van der Waals surface area contributed by atoms with Gasteiger partial charge in [-0.25, -0.2) is 4.98 Å².